The number of hydrogen-bond acceptors (Lipinski definition) is 1. The number of benzene rings is 2. The van der Waals surface area contributed by atoms with Gasteiger partial charge in [0.1, 0.15) is 10.6 Å². The molecule has 140 valence electrons. The Bertz CT molecular complexity index is 693. The van der Waals surface area contributed by atoms with E-state index in [1.165, 1.54) is 0 Å². The van der Waals surface area contributed by atoms with Crippen LogP contribution in [0.2, 0.25) is 0 Å². The lowest BCUT2D eigenvalue weighted by Crippen LogP contribution is -2.06. The van der Waals surface area contributed by atoms with Crippen LogP contribution in [0.15, 0.2) is 53.4 Å². The summed E-state index contributed by atoms with van der Waals surface area (Å²) in [6.07, 6.45) is 3.11. The fourth-order valence-electron chi connectivity index (χ4n) is 2.29. The van der Waals surface area contributed by atoms with Crippen molar-refractivity contribution in [2.45, 2.75) is 37.5 Å². The van der Waals surface area contributed by atoms with E-state index in [2.05, 4.69) is 6.92 Å². The smallest absolute Gasteiger partial charge is 0.310 e. The SMILES string of the molecule is CCCCOc1ccc(CCc2ccc(S(F)(F)(F)(F)F)cc2)cc1. The summed E-state index contributed by atoms with van der Waals surface area (Å²) in [5.74, 6) is 0.775. The topological polar surface area (TPSA) is 9.23 Å². The first-order valence-electron chi connectivity index (χ1n) is 8.03. The molecule has 0 heterocycles. The van der Waals surface area contributed by atoms with Crippen LogP contribution in [0.4, 0.5) is 19.4 Å². The van der Waals surface area contributed by atoms with Crippen LogP contribution in [0.5, 0.6) is 5.75 Å². The molecule has 2 rings (SSSR count). The van der Waals surface area contributed by atoms with Gasteiger partial charge in [-0.25, -0.2) is 0 Å². The van der Waals surface area contributed by atoms with Crippen molar-refractivity contribution in [3.05, 3.63) is 59.7 Å². The summed E-state index contributed by atoms with van der Waals surface area (Å²) in [5, 5.41) is 0. The van der Waals surface area contributed by atoms with Crippen molar-refractivity contribution in [3.8, 4) is 5.75 Å². The zero-order valence-corrected chi connectivity index (χ0v) is 14.7. The molecule has 0 aliphatic heterocycles. The second-order valence-electron chi connectivity index (χ2n) is 5.96. The molecule has 0 N–H and O–H groups in total. The zero-order valence-electron chi connectivity index (χ0n) is 13.9. The minimum atomic E-state index is -9.58. The van der Waals surface area contributed by atoms with E-state index in [0.717, 1.165) is 36.3 Å². The Balaban J connectivity index is 1.93. The molecule has 0 aliphatic carbocycles. The Hall–Kier alpha value is -1.76. The van der Waals surface area contributed by atoms with Gasteiger partial charge in [0, 0.05) is 0 Å². The lowest BCUT2D eigenvalue weighted by Gasteiger charge is -2.40. The maximum atomic E-state index is 12.7. The summed E-state index contributed by atoms with van der Waals surface area (Å²) in [6.45, 7) is 2.74. The third-order valence-corrected chi connectivity index (χ3v) is 4.92. The minimum absolute atomic E-state index is 0.460. The Morgan fingerprint density at radius 3 is 1.68 bits per heavy atom. The summed E-state index contributed by atoms with van der Waals surface area (Å²) in [5.41, 5.74) is 1.58. The molecule has 0 spiro atoms. The van der Waals surface area contributed by atoms with Gasteiger partial charge < -0.3 is 4.74 Å². The van der Waals surface area contributed by atoms with Crippen LogP contribution in [0.3, 0.4) is 0 Å². The molecule has 0 radical (unpaired) electrons. The third kappa shape index (κ3) is 6.23. The highest BCUT2D eigenvalue weighted by Gasteiger charge is 2.65. The molecule has 1 nitrogen and oxygen atoms in total. The van der Waals surface area contributed by atoms with Gasteiger partial charge >= 0.3 is 10.2 Å². The van der Waals surface area contributed by atoms with E-state index in [4.69, 9.17) is 4.74 Å². The van der Waals surface area contributed by atoms with E-state index in [1.54, 1.807) is 0 Å². The van der Waals surface area contributed by atoms with Gasteiger partial charge in [-0.1, -0.05) is 57.0 Å². The average molecular weight is 380 g/mol. The molecule has 0 aromatic heterocycles. The summed E-state index contributed by atoms with van der Waals surface area (Å²) >= 11 is 0. The van der Waals surface area contributed by atoms with Gasteiger partial charge in [0.05, 0.1) is 6.61 Å². The summed E-state index contributed by atoms with van der Waals surface area (Å²) in [6, 6.07) is 10.6. The van der Waals surface area contributed by atoms with Crippen molar-refractivity contribution in [3.63, 3.8) is 0 Å². The molecule has 25 heavy (non-hydrogen) atoms. The van der Waals surface area contributed by atoms with Crippen LogP contribution < -0.4 is 4.74 Å². The van der Waals surface area contributed by atoms with Crippen molar-refractivity contribution in [1.82, 2.24) is 0 Å². The first kappa shape index (κ1) is 19.6. The van der Waals surface area contributed by atoms with Crippen LogP contribution in [0.1, 0.15) is 30.9 Å². The number of ether oxygens (including phenoxy) is 1. The van der Waals surface area contributed by atoms with E-state index >= 15 is 0 Å². The molecule has 0 fully saturated rings. The van der Waals surface area contributed by atoms with E-state index in [0.29, 0.717) is 37.1 Å². The van der Waals surface area contributed by atoms with E-state index in [1.807, 2.05) is 24.3 Å². The van der Waals surface area contributed by atoms with E-state index in [-0.39, 0.29) is 0 Å². The molecule has 0 atom stereocenters. The second kappa shape index (κ2) is 6.52. The lowest BCUT2D eigenvalue weighted by molar-refractivity contribution is 0.309. The number of unbranched alkanes of at least 4 members (excludes halogenated alkanes) is 1. The molecule has 0 aliphatic rings. The summed E-state index contributed by atoms with van der Waals surface area (Å²) < 4.78 is 68.9. The maximum Gasteiger partial charge on any atom is 0.310 e. The second-order valence-corrected chi connectivity index (χ2v) is 8.37. The normalized spacial score (nSPS) is 14.6. The maximum absolute atomic E-state index is 12.7. The fraction of sp³-hybridized carbons (Fsp3) is 0.333. The molecule has 0 saturated heterocycles. The Morgan fingerprint density at radius 2 is 1.24 bits per heavy atom. The lowest BCUT2D eigenvalue weighted by atomic mass is 10.0. The summed E-state index contributed by atoms with van der Waals surface area (Å²) in [4.78, 5) is -1.85. The highest BCUT2D eigenvalue weighted by Crippen LogP contribution is 3.02. The Labute approximate surface area is 144 Å². The third-order valence-electron chi connectivity index (χ3n) is 3.76. The van der Waals surface area contributed by atoms with Gasteiger partial charge in [0.25, 0.3) is 0 Å². The predicted octanol–water partition coefficient (Wildman–Crippen LogP) is 7.31. The van der Waals surface area contributed by atoms with Crippen LogP contribution in [0, 0.1) is 0 Å². The van der Waals surface area contributed by atoms with Gasteiger partial charge in [-0.2, -0.15) is 0 Å². The molecule has 0 bridgehead atoms. The first-order valence-corrected chi connectivity index (χ1v) is 9.98. The van der Waals surface area contributed by atoms with Crippen LogP contribution in [-0.4, -0.2) is 6.61 Å². The fourth-order valence-corrected chi connectivity index (χ4v) is 2.94. The summed E-state index contributed by atoms with van der Waals surface area (Å²) in [7, 11) is -9.58. The molecule has 2 aromatic carbocycles. The minimum Gasteiger partial charge on any atom is -0.494 e. The number of hydrogen-bond donors (Lipinski definition) is 0. The standard InChI is InChI=1S/C18H21F5OS/c1-2-3-14-24-17-10-6-15(7-11-17)4-5-16-8-12-18(13-9-16)25(19,20,21,22)23/h6-13H,2-5,14H2,1H3. The predicted molar refractivity (Wildman–Crippen MR) is 92.1 cm³/mol. The number of aryl methyl sites for hydroxylation is 2. The van der Waals surface area contributed by atoms with Crippen LogP contribution in [-0.2, 0) is 12.8 Å². The molecule has 0 amide bonds. The largest absolute Gasteiger partial charge is 0.494 e. The zero-order chi connectivity index (χ0) is 18.6. The number of rotatable bonds is 8. The van der Waals surface area contributed by atoms with Gasteiger partial charge in [-0.15, -0.1) is 0 Å². The monoisotopic (exact) mass is 380 g/mol. The molecule has 2 aromatic rings. The van der Waals surface area contributed by atoms with E-state index < -0.39 is 15.1 Å². The van der Waals surface area contributed by atoms with Crippen LogP contribution >= 0.6 is 10.2 Å². The molecule has 0 unspecified atom stereocenters. The van der Waals surface area contributed by atoms with Crippen molar-refractivity contribution in [1.29, 1.82) is 0 Å². The molecule has 0 saturated carbocycles. The Kier molecular flexibility index (Phi) is 5.10. The van der Waals surface area contributed by atoms with Crippen molar-refractivity contribution >= 4 is 10.2 Å². The quantitative estimate of drug-likeness (QED) is 0.345. The Morgan fingerprint density at radius 1 is 0.760 bits per heavy atom. The highest BCUT2D eigenvalue weighted by atomic mass is 32.5. The molecular formula is C18H21F5OS. The van der Waals surface area contributed by atoms with Crippen molar-refractivity contribution < 1.29 is 24.2 Å². The number of halogens is 5. The first-order chi connectivity index (χ1) is 11.5. The molecule has 7 heteroatoms. The van der Waals surface area contributed by atoms with Gasteiger partial charge in [0.2, 0.25) is 0 Å². The van der Waals surface area contributed by atoms with Gasteiger partial charge in [0.15, 0.2) is 0 Å². The molecular weight excluding hydrogens is 359 g/mol. The van der Waals surface area contributed by atoms with Crippen molar-refractivity contribution in [2.24, 2.45) is 0 Å². The average Bonchev–Trinajstić information content (AvgIpc) is 2.53. The van der Waals surface area contributed by atoms with Gasteiger partial charge in [-0.05, 0) is 54.7 Å². The van der Waals surface area contributed by atoms with Crippen molar-refractivity contribution in [2.75, 3.05) is 6.61 Å². The van der Waals surface area contributed by atoms with E-state index in [9.17, 15) is 19.4 Å². The highest BCUT2D eigenvalue weighted by molar-refractivity contribution is 8.45. The van der Waals surface area contributed by atoms with Crippen LogP contribution in [0.25, 0.3) is 0 Å². The van der Waals surface area contributed by atoms with Gasteiger partial charge in [-0.3, -0.25) is 0 Å².